The lowest BCUT2D eigenvalue weighted by atomic mass is 10.1. The molecule has 0 N–H and O–H groups in total. The first-order valence-electron chi connectivity index (χ1n) is 4.21. The predicted molar refractivity (Wildman–Crippen MR) is 64.0 cm³/mol. The number of hydrogen-bond acceptors (Lipinski definition) is 3. The zero-order valence-corrected chi connectivity index (χ0v) is 10.9. The first-order valence-corrected chi connectivity index (χ1v) is 6.73. The van der Waals surface area contributed by atoms with Gasteiger partial charge < -0.3 is 4.74 Å². The van der Waals surface area contributed by atoms with Gasteiger partial charge in [0.1, 0.15) is 5.75 Å². The van der Waals surface area contributed by atoms with Gasteiger partial charge in [-0.3, -0.25) is 9.00 Å². The van der Waals surface area contributed by atoms with Crippen LogP contribution in [0, 0.1) is 0 Å². The zero-order valence-electron chi connectivity index (χ0n) is 8.45. The molecule has 0 heterocycles. The van der Waals surface area contributed by atoms with Gasteiger partial charge in [-0.2, -0.15) is 0 Å². The lowest BCUT2D eigenvalue weighted by Gasteiger charge is -2.04. The molecule has 0 bridgehead atoms. The lowest BCUT2D eigenvalue weighted by Crippen LogP contribution is -2.09. The number of benzene rings is 1. The summed E-state index contributed by atoms with van der Waals surface area (Å²) in [6.45, 7) is 0. The van der Waals surface area contributed by atoms with Crippen molar-refractivity contribution in [2.45, 2.75) is 0 Å². The molecule has 0 spiro atoms. The monoisotopic (exact) mass is 290 g/mol. The SMILES string of the molecule is COc1ccc(C(=O)CS(C)=O)cc1Br. The van der Waals surface area contributed by atoms with E-state index in [1.807, 2.05) is 0 Å². The third-order valence-electron chi connectivity index (χ3n) is 1.81. The van der Waals surface area contributed by atoms with E-state index in [0.29, 0.717) is 11.3 Å². The molecule has 3 nitrogen and oxygen atoms in total. The summed E-state index contributed by atoms with van der Waals surface area (Å²) in [5, 5.41) is 0. The summed E-state index contributed by atoms with van der Waals surface area (Å²) in [5.41, 5.74) is 0.540. The van der Waals surface area contributed by atoms with Gasteiger partial charge in [0.25, 0.3) is 0 Å². The standard InChI is InChI=1S/C10H11BrO3S/c1-14-10-4-3-7(5-8(10)11)9(12)6-15(2)13/h3-5H,6H2,1-2H3. The Morgan fingerprint density at radius 3 is 2.67 bits per heavy atom. The Morgan fingerprint density at radius 1 is 1.53 bits per heavy atom. The molecule has 0 aliphatic carbocycles. The second-order valence-electron chi connectivity index (χ2n) is 2.99. The number of Topliss-reactive ketones (excluding diaryl/α,β-unsaturated/α-hetero) is 1. The Balaban J connectivity index is 2.92. The van der Waals surface area contributed by atoms with Gasteiger partial charge in [-0.25, -0.2) is 0 Å². The molecule has 1 aromatic rings. The highest BCUT2D eigenvalue weighted by atomic mass is 79.9. The van der Waals surface area contributed by atoms with Crippen molar-refractivity contribution in [1.82, 2.24) is 0 Å². The van der Waals surface area contributed by atoms with E-state index >= 15 is 0 Å². The molecule has 0 saturated heterocycles. The second kappa shape index (κ2) is 5.42. The summed E-state index contributed by atoms with van der Waals surface area (Å²) >= 11 is 3.29. The van der Waals surface area contributed by atoms with E-state index in [0.717, 1.165) is 4.47 Å². The fraction of sp³-hybridized carbons (Fsp3) is 0.300. The minimum Gasteiger partial charge on any atom is -0.496 e. The van der Waals surface area contributed by atoms with Gasteiger partial charge in [0.15, 0.2) is 5.78 Å². The highest BCUT2D eigenvalue weighted by Gasteiger charge is 2.10. The van der Waals surface area contributed by atoms with Crippen LogP contribution in [0.25, 0.3) is 0 Å². The Morgan fingerprint density at radius 2 is 2.20 bits per heavy atom. The van der Waals surface area contributed by atoms with Crippen molar-refractivity contribution in [3.8, 4) is 5.75 Å². The van der Waals surface area contributed by atoms with Crippen molar-refractivity contribution < 1.29 is 13.7 Å². The fourth-order valence-corrected chi connectivity index (χ4v) is 2.18. The molecule has 0 aliphatic heterocycles. The Hall–Kier alpha value is -0.680. The molecule has 1 unspecified atom stereocenters. The summed E-state index contributed by atoms with van der Waals surface area (Å²) in [5.74, 6) is 0.599. The largest absolute Gasteiger partial charge is 0.496 e. The maximum atomic E-state index is 11.6. The Bertz CT molecular complexity index is 404. The smallest absolute Gasteiger partial charge is 0.175 e. The topological polar surface area (TPSA) is 43.4 Å². The average molecular weight is 291 g/mol. The molecule has 15 heavy (non-hydrogen) atoms. The van der Waals surface area contributed by atoms with Gasteiger partial charge in [0.05, 0.1) is 17.3 Å². The number of ether oxygens (including phenoxy) is 1. The van der Waals surface area contributed by atoms with E-state index in [4.69, 9.17) is 4.74 Å². The number of methoxy groups -OCH3 is 1. The molecular formula is C10H11BrO3S. The van der Waals surface area contributed by atoms with Crippen molar-refractivity contribution in [2.75, 3.05) is 19.1 Å². The predicted octanol–water partition coefficient (Wildman–Crippen LogP) is 2.02. The number of carbonyl (C=O) groups excluding carboxylic acids is 1. The van der Waals surface area contributed by atoms with Crippen LogP contribution in [-0.2, 0) is 10.8 Å². The second-order valence-corrected chi connectivity index (χ2v) is 5.28. The first kappa shape index (κ1) is 12.4. The van der Waals surface area contributed by atoms with Crippen LogP contribution < -0.4 is 4.74 Å². The van der Waals surface area contributed by atoms with E-state index in [1.165, 1.54) is 6.26 Å². The molecule has 82 valence electrons. The number of rotatable bonds is 4. The quantitative estimate of drug-likeness (QED) is 0.797. The summed E-state index contributed by atoms with van der Waals surface area (Å²) in [4.78, 5) is 11.6. The third-order valence-corrected chi connectivity index (χ3v) is 3.10. The van der Waals surface area contributed by atoms with Gasteiger partial charge in [-0.15, -0.1) is 0 Å². The number of carbonyl (C=O) groups is 1. The van der Waals surface area contributed by atoms with E-state index in [-0.39, 0.29) is 11.5 Å². The van der Waals surface area contributed by atoms with E-state index in [9.17, 15) is 9.00 Å². The molecule has 0 amide bonds. The minimum absolute atomic E-state index is 0.0543. The van der Waals surface area contributed by atoms with Gasteiger partial charge in [0.2, 0.25) is 0 Å². The van der Waals surface area contributed by atoms with Gasteiger partial charge in [-0.05, 0) is 34.1 Å². The summed E-state index contributed by atoms with van der Waals surface area (Å²) in [6.07, 6.45) is 1.51. The molecule has 0 radical (unpaired) electrons. The molecule has 0 saturated carbocycles. The van der Waals surface area contributed by atoms with Crippen LogP contribution >= 0.6 is 15.9 Å². The van der Waals surface area contributed by atoms with Crippen LogP contribution in [0.4, 0.5) is 0 Å². The van der Waals surface area contributed by atoms with Gasteiger partial charge in [-0.1, -0.05) is 0 Å². The molecule has 1 aromatic carbocycles. The maximum absolute atomic E-state index is 11.6. The van der Waals surface area contributed by atoms with Crippen molar-refractivity contribution in [1.29, 1.82) is 0 Å². The third kappa shape index (κ3) is 3.43. The van der Waals surface area contributed by atoms with Crippen LogP contribution in [0.5, 0.6) is 5.75 Å². The minimum atomic E-state index is -1.11. The molecule has 1 rings (SSSR count). The summed E-state index contributed by atoms with van der Waals surface area (Å²) in [7, 11) is 0.452. The Kier molecular flexibility index (Phi) is 4.47. The molecule has 5 heteroatoms. The van der Waals surface area contributed by atoms with Crippen LogP contribution in [0.15, 0.2) is 22.7 Å². The lowest BCUT2D eigenvalue weighted by molar-refractivity contribution is 0.102. The molecule has 0 aliphatic rings. The van der Waals surface area contributed by atoms with Gasteiger partial charge >= 0.3 is 0 Å². The van der Waals surface area contributed by atoms with Crippen molar-refractivity contribution in [3.63, 3.8) is 0 Å². The maximum Gasteiger partial charge on any atom is 0.175 e. The van der Waals surface area contributed by atoms with Crippen molar-refractivity contribution in [2.24, 2.45) is 0 Å². The van der Waals surface area contributed by atoms with Crippen LogP contribution in [0.1, 0.15) is 10.4 Å². The summed E-state index contributed by atoms with van der Waals surface area (Å²) in [6, 6.07) is 5.04. The number of halogens is 1. The fourth-order valence-electron chi connectivity index (χ4n) is 1.11. The normalized spacial score (nSPS) is 12.2. The average Bonchev–Trinajstić information content (AvgIpc) is 2.16. The van der Waals surface area contributed by atoms with Gasteiger partial charge in [0, 0.05) is 22.6 Å². The molecular weight excluding hydrogens is 280 g/mol. The highest BCUT2D eigenvalue weighted by molar-refractivity contribution is 9.10. The Labute approximate surface area is 99.4 Å². The molecule has 1 atom stereocenters. The van der Waals surface area contributed by atoms with Crippen LogP contribution in [-0.4, -0.2) is 29.1 Å². The van der Waals surface area contributed by atoms with E-state index in [2.05, 4.69) is 15.9 Å². The zero-order chi connectivity index (χ0) is 11.4. The van der Waals surface area contributed by atoms with Crippen LogP contribution in [0.2, 0.25) is 0 Å². The van der Waals surface area contributed by atoms with Crippen LogP contribution in [0.3, 0.4) is 0 Å². The number of hydrogen-bond donors (Lipinski definition) is 0. The number of ketones is 1. The van der Waals surface area contributed by atoms with E-state index in [1.54, 1.807) is 25.3 Å². The molecule has 0 aromatic heterocycles. The van der Waals surface area contributed by atoms with Crippen molar-refractivity contribution in [3.05, 3.63) is 28.2 Å². The summed E-state index contributed by atoms with van der Waals surface area (Å²) < 4.78 is 16.7. The molecule has 0 fully saturated rings. The first-order chi connectivity index (χ1) is 7.04. The van der Waals surface area contributed by atoms with E-state index < -0.39 is 10.8 Å². The highest BCUT2D eigenvalue weighted by Crippen LogP contribution is 2.25. The van der Waals surface area contributed by atoms with Crippen molar-refractivity contribution >= 4 is 32.5 Å².